The Balaban J connectivity index is 2.69. The first kappa shape index (κ1) is 13.0. The summed E-state index contributed by atoms with van der Waals surface area (Å²) in [5.41, 5.74) is 0.362. The second kappa shape index (κ2) is 4.42. The second-order valence-electron chi connectivity index (χ2n) is 5.03. The summed E-state index contributed by atoms with van der Waals surface area (Å²) in [5.74, 6) is 0.643. The van der Waals surface area contributed by atoms with Crippen LogP contribution in [0.1, 0.15) is 40.0 Å². The number of hydrogen-bond acceptors (Lipinski definition) is 2. The molecule has 1 heterocycles. The molecule has 1 aliphatic rings. The zero-order valence-corrected chi connectivity index (χ0v) is 11.1. The van der Waals surface area contributed by atoms with E-state index in [1.165, 1.54) is 6.26 Å². The molecule has 15 heavy (non-hydrogen) atoms. The van der Waals surface area contributed by atoms with Crippen LogP contribution >= 0.6 is 0 Å². The lowest BCUT2D eigenvalue weighted by Gasteiger charge is -2.43. The monoisotopic (exact) mass is 233 g/mol. The van der Waals surface area contributed by atoms with E-state index in [-0.39, 0.29) is 0 Å². The van der Waals surface area contributed by atoms with Gasteiger partial charge in [0, 0.05) is 13.1 Å². The van der Waals surface area contributed by atoms with Gasteiger partial charge in [0.15, 0.2) is 0 Å². The van der Waals surface area contributed by atoms with Crippen LogP contribution in [0.2, 0.25) is 0 Å². The van der Waals surface area contributed by atoms with Crippen LogP contribution in [0.5, 0.6) is 0 Å². The molecule has 0 N–H and O–H groups in total. The quantitative estimate of drug-likeness (QED) is 0.748. The number of rotatable bonds is 3. The third-order valence-corrected chi connectivity index (χ3v) is 5.42. The molecule has 0 bridgehead atoms. The lowest BCUT2D eigenvalue weighted by atomic mass is 9.69. The molecule has 0 aliphatic carbocycles. The fraction of sp³-hybridized carbons (Fsp3) is 1.00. The van der Waals surface area contributed by atoms with E-state index in [9.17, 15) is 8.42 Å². The summed E-state index contributed by atoms with van der Waals surface area (Å²) < 4.78 is 24.4. The molecule has 1 saturated heterocycles. The average molecular weight is 233 g/mol. The minimum Gasteiger partial charge on any atom is -0.213 e. The molecule has 1 rings (SSSR count). The van der Waals surface area contributed by atoms with Crippen LogP contribution in [-0.4, -0.2) is 32.1 Å². The molecule has 4 heteroatoms. The summed E-state index contributed by atoms with van der Waals surface area (Å²) in [5, 5.41) is 0. The molecule has 90 valence electrons. The highest BCUT2D eigenvalue weighted by atomic mass is 32.2. The molecule has 0 aromatic carbocycles. The van der Waals surface area contributed by atoms with Gasteiger partial charge in [-0.2, -0.15) is 0 Å². The maximum Gasteiger partial charge on any atom is 0.211 e. The number of sulfonamides is 1. The van der Waals surface area contributed by atoms with Crippen molar-refractivity contribution in [2.24, 2.45) is 11.3 Å². The predicted molar refractivity (Wildman–Crippen MR) is 63.2 cm³/mol. The van der Waals surface area contributed by atoms with E-state index in [2.05, 4.69) is 20.8 Å². The van der Waals surface area contributed by atoms with E-state index in [0.29, 0.717) is 24.4 Å². The Morgan fingerprint density at radius 3 is 2.00 bits per heavy atom. The first-order valence-corrected chi connectivity index (χ1v) is 7.62. The van der Waals surface area contributed by atoms with Gasteiger partial charge in [0.05, 0.1) is 6.26 Å². The highest BCUT2D eigenvalue weighted by Crippen LogP contribution is 2.41. The van der Waals surface area contributed by atoms with Crippen LogP contribution in [-0.2, 0) is 10.0 Å². The Morgan fingerprint density at radius 1 is 1.27 bits per heavy atom. The maximum atomic E-state index is 11.4. The van der Waals surface area contributed by atoms with Crippen molar-refractivity contribution in [2.45, 2.75) is 40.0 Å². The topological polar surface area (TPSA) is 37.4 Å². The van der Waals surface area contributed by atoms with Crippen molar-refractivity contribution >= 4 is 10.0 Å². The van der Waals surface area contributed by atoms with Crippen molar-refractivity contribution in [3.8, 4) is 0 Å². The molecule has 0 saturated carbocycles. The molecule has 0 spiro atoms. The largest absolute Gasteiger partial charge is 0.213 e. The number of nitrogens with zero attached hydrogens (tertiary/aromatic N) is 1. The van der Waals surface area contributed by atoms with Crippen molar-refractivity contribution < 1.29 is 8.42 Å². The average Bonchev–Trinajstić information content (AvgIpc) is 2.16. The van der Waals surface area contributed by atoms with E-state index in [4.69, 9.17) is 0 Å². The van der Waals surface area contributed by atoms with Crippen molar-refractivity contribution in [2.75, 3.05) is 19.3 Å². The summed E-state index contributed by atoms with van der Waals surface area (Å²) >= 11 is 0. The normalized spacial score (nSPS) is 23.3. The van der Waals surface area contributed by atoms with Gasteiger partial charge in [0.25, 0.3) is 0 Å². The molecule has 0 atom stereocenters. The van der Waals surface area contributed by atoms with Crippen LogP contribution in [0.25, 0.3) is 0 Å². The van der Waals surface area contributed by atoms with Gasteiger partial charge in [0.1, 0.15) is 0 Å². The summed E-state index contributed by atoms with van der Waals surface area (Å²) in [6, 6.07) is 0. The first-order valence-electron chi connectivity index (χ1n) is 5.77. The van der Waals surface area contributed by atoms with E-state index < -0.39 is 10.0 Å². The smallest absolute Gasteiger partial charge is 0.211 e. The van der Waals surface area contributed by atoms with Gasteiger partial charge in [0.2, 0.25) is 10.0 Å². The van der Waals surface area contributed by atoms with Gasteiger partial charge in [-0.25, -0.2) is 12.7 Å². The van der Waals surface area contributed by atoms with Crippen LogP contribution < -0.4 is 0 Å². The molecular formula is C11H23NO2S. The third-order valence-electron chi connectivity index (χ3n) is 4.12. The predicted octanol–water partition coefficient (Wildman–Crippen LogP) is 2.09. The molecular weight excluding hydrogens is 210 g/mol. The molecule has 1 fully saturated rings. The molecule has 0 aromatic heterocycles. The van der Waals surface area contributed by atoms with E-state index in [1.54, 1.807) is 4.31 Å². The molecule has 0 aromatic rings. The molecule has 0 unspecified atom stereocenters. The summed E-state index contributed by atoms with van der Waals surface area (Å²) in [7, 11) is -2.98. The van der Waals surface area contributed by atoms with E-state index in [0.717, 1.165) is 19.3 Å². The standard InChI is InChI=1S/C11H23NO2S/c1-5-11(10(2)3)6-8-12(9-7-11)15(4,13)14/h10H,5-9H2,1-4H3. The molecule has 3 nitrogen and oxygen atoms in total. The van der Waals surface area contributed by atoms with Crippen molar-refractivity contribution in [1.82, 2.24) is 4.31 Å². The van der Waals surface area contributed by atoms with Crippen molar-refractivity contribution in [3.63, 3.8) is 0 Å². The highest BCUT2D eigenvalue weighted by molar-refractivity contribution is 7.88. The second-order valence-corrected chi connectivity index (χ2v) is 7.02. The van der Waals surface area contributed by atoms with Crippen LogP contribution in [0.3, 0.4) is 0 Å². The summed E-state index contributed by atoms with van der Waals surface area (Å²) in [4.78, 5) is 0. The summed E-state index contributed by atoms with van der Waals surface area (Å²) in [6.45, 7) is 8.12. The molecule has 1 aliphatic heterocycles. The highest BCUT2D eigenvalue weighted by Gasteiger charge is 2.37. The van der Waals surface area contributed by atoms with Gasteiger partial charge in [-0.1, -0.05) is 27.2 Å². The maximum absolute atomic E-state index is 11.4. The minimum atomic E-state index is -2.98. The molecule has 0 amide bonds. The van der Waals surface area contributed by atoms with Gasteiger partial charge in [-0.15, -0.1) is 0 Å². The summed E-state index contributed by atoms with van der Waals surface area (Å²) in [6.07, 6.45) is 4.48. The molecule has 0 radical (unpaired) electrons. The number of hydrogen-bond donors (Lipinski definition) is 0. The fourth-order valence-electron chi connectivity index (χ4n) is 2.60. The zero-order chi connectivity index (χ0) is 11.7. The SMILES string of the molecule is CCC1(C(C)C)CCN(S(C)(=O)=O)CC1. The van der Waals surface area contributed by atoms with Crippen LogP contribution in [0.15, 0.2) is 0 Å². The Hall–Kier alpha value is -0.0900. The van der Waals surface area contributed by atoms with Crippen LogP contribution in [0.4, 0.5) is 0 Å². The number of piperidine rings is 1. The Morgan fingerprint density at radius 2 is 1.73 bits per heavy atom. The van der Waals surface area contributed by atoms with E-state index >= 15 is 0 Å². The fourth-order valence-corrected chi connectivity index (χ4v) is 3.45. The van der Waals surface area contributed by atoms with Crippen LogP contribution in [0, 0.1) is 11.3 Å². The lowest BCUT2D eigenvalue weighted by molar-refractivity contribution is 0.0913. The van der Waals surface area contributed by atoms with Gasteiger partial charge in [-0.05, 0) is 24.2 Å². The zero-order valence-electron chi connectivity index (χ0n) is 10.3. The Kier molecular flexibility index (Phi) is 3.82. The Labute approximate surface area is 93.9 Å². The first-order chi connectivity index (χ1) is 6.82. The van der Waals surface area contributed by atoms with Crippen molar-refractivity contribution in [3.05, 3.63) is 0 Å². The lowest BCUT2D eigenvalue weighted by Crippen LogP contribution is -2.44. The van der Waals surface area contributed by atoms with Gasteiger partial charge in [-0.3, -0.25) is 0 Å². The third kappa shape index (κ3) is 2.72. The van der Waals surface area contributed by atoms with Gasteiger partial charge >= 0.3 is 0 Å². The van der Waals surface area contributed by atoms with Gasteiger partial charge < -0.3 is 0 Å². The Bertz CT molecular complexity index is 301. The van der Waals surface area contributed by atoms with Crippen molar-refractivity contribution in [1.29, 1.82) is 0 Å². The minimum absolute atomic E-state index is 0.362. The van der Waals surface area contributed by atoms with E-state index in [1.807, 2.05) is 0 Å².